The van der Waals surface area contributed by atoms with Gasteiger partial charge in [0.05, 0.1) is 5.69 Å². The van der Waals surface area contributed by atoms with Gasteiger partial charge in [-0.15, -0.1) is 11.3 Å². The minimum absolute atomic E-state index is 1.09. The summed E-state index contributed by atoms with van der Waals surface area (Å²) in [6.45, 7) is 4.49. The van der Waals surface area contributed by atoms with Gasteiger partial charge in [-0.3, -0.25) is 0 Å². The average molecular weight is 886 g/mol. The summed E-state index contributed by atoms with van der Waals surface area (Å²) in [6, 6.07) is 86.6. The highest BCUT2D eigenvalue weighted by Crippen LogP contribution is 2.44. The molecule has 0 amide bonds. The minimum Gasteiger partial charge on any atom is -0.314 e. The standard InChI is InChI=1S/C66H47NS/c1-44(54-29-16-31-62-61-28-12-13-32-65(61)68-66(54)62)33-34-45(2)67(53-38-35-46(36-39-53)49-22-14-23-50(41-49)56-30-15-21-47-19-6-8-24-55(47)56)64-43-52(37-40-58(64)48-17-4-3-5-18-48)63-42-51-20-7-9-25-57(51)59-26-10-11-27-60(59)63/h3-43H,1-2H3/b44-33+,45-34+. The third kappa shape index (κ3) is 7.46. The Hall–Kier alpha value is -8.30. The SMILES string of the molecule is C/C(=C\C=C(/C)N(c1ccc(-c2cccc(-c3cccc4ccccc34)c2)cc1)c1cc(-c2cc3ccccc3c3ccccc23)ccc1-c1ccccc1)c1cccc2c1sc1ccccc12. The molecule has 68 heavy (non-hydrogen) atoms. The van der Waals surface area contributed by atoms with Gasteiger partial charge in [0.2, 0.25) is 0 Å². The summed E-state index contributed by atoms with van der Waals surface area (Å²) in [6.07, 6.45) is 4.60. The lowest BCUT2D eigenvalue weighted by atomic mass is 9.91. The van der Waals surface area contributed by atoms with Crippen LogP contribution in [-0.2, 0) is 0 Å². The smallest absolute Gasteiger partial charge is 0.0542 e. The predicted molar refractivity (Wildman–Crippen MR) is 296 cm³/mol. The van der Waals surface area contributed by atoms with Crippen molar-refractivity contribution in [1.29, 1.82) is 0 Å². The van der Waals surface area contributed by atoms with E-state index in [9.17, 15) is 0 Å². The van der Waals surface area contributed by atoms with Gasteiger partial charge < -0.3 is 4.90 Å². The maximum atomic E-state index is 2.45. The fraction of sp³-hybridized carbons (Fsp3) is 0.0303. The van der Waals surface area contributed by atoms with Gasteiger partial charge in [-0.1, -0.05) is 206 Å². The first-order chi connectivity index (χ1) is 33.6. The van der Waals surface area contributed by atoms with E-state index in [1.165, 1.54) is 103 Å². The molecule has 1 nitrogen and oxygen atoms in total. The molecular formula is C66H47NS. The van der Waals surface area contributed by atoms with E-state index in [2.05, 4.69) is 267 Å². The molecule has 1 aromatic heterocycles. The van der Waals surface area contributed by atoms with E-state index in [0.29, 0.717) is 0 Å². The molecule has 11 aromatic carbocycles. The molecule has 0 saturated carbocycles. The molecule has 0 spiro atoms. The summed E-state index contributed by atoms with van der Waals surface area (Å²) in [5.74, 6) is 0. The van der Waals surface area contributed by atoms with Gasteiger partial charge in [0, 0.05) is 37.1 Å². The Morgan fingerprint density at radius 3 is 1.81 bits per heavy atom. The number of nitrogens with zero attached hydrogens (tertiary/aromatic N) is 1. The Morgan fingerprint density at radius 1 is 0.368 bits per heavy atom. The first-order valence-corrected chi connectivity index (χ1v) is 24.2. The lowest BCUT2D eigenvalue weighted by molar-refractivity contribution is 1.16. The number of anilines is 2. The molecule has 0 atom stereocenters. The number of benzene rings is 11. The predicted octanol–water partition coefficient (Wildman–Crippen LogP) is 19.3. The van der Waals surface area contributed by atoms with Gasteiger partial charge in [0.25, 0.3) is 0 Å². The zero-order chi connectivity index (χ0) is 45.6. The minimum atomic E-state index is 1.09. The van der Waals surface area contributed by atoms with Crippen molar-refractivity contribution < 1.29 is 0 Å². The van der Waals surface area contributed by atoms with Gasteiger partial charge >= 0.3 is 0 Å². The normalized spacial score (nSPS) is 12.1. The number of rotatable bonds is 9. The first kappa shape index (κ1) is 41.2. The molecule has 0 aliphatic rings. The van der Waals surface area contributed by atoms with Gasteiger partial charge in [-0.05, 0) is 139 Å². The van der Waals surface area contributed by atoms with Crippen LogP contribution in [0.2, 0.25) is 0 Å². The molecule has 0 N–H and O–H groups in total. The molecule has 0 radical (unpaired) electrons. The van der Waals surface area contributed by atoms with E-state index in [1.807, 2.05) is 11.3 Å². The Labute approximate surface area is 401 Å². The van der Waals surface area contributed by atoms with Crippen molar-refractivity contribution >= 4 is 80.8 Å². The highest BCUT2D eigenvalue weighted by atomic mass is 32.1. The van der Waals surface area contributed by atoms with Crippen LogP contribution in [0.3, 0.4) is 0 Å². The molecule has 12 aromatic rings. The highest BCUT2D eigenvalue weighted by molar-refractivity contribution is 7.26. The van der Waals surface area contributed by atoms with Crippen molar-refractivity contribution in [2.24, 2.45) is 0 Å². The number of hydrogen-bond acceptors (Lipinski definition) is 2. The Balaban J connectivity index is 1.02. The molecule has 12 rings (SSSR count). The van der Waals surface area contributed by atoms with Crippen LogP contribution in [0, 0.1) is 0 Å². The van der Waals surface area contributed by atoms with Crippen molar-refractivity contribution in [3.8, 4) is 44.5 Å². The fourth-order valence-corrected chi connectivity index (χ4v) is 11.5. The van der Waals surface area contributed by atoms with Crippen LogP contribution in [0.4, 0.5) is 11.4 Å². The maximum absolute atomic E-state index is 2.45. The van der Waals surface area contributed by atoms with Crippen LogP contribution in [0.5, 0.6) is 0 Å². The Kier molecular flexibility index (Phi) is 10.6. The summed E-state index contributed by atoms with van der Waals surface area (Å²) in [5, 5.41) is 10.1. The second kappa shape index (κ2) is 17.5. The van der Waals surface area contributed by atoms with Crippen LogP contribution in [-0.4, -0.2) is 0 Å². The van der Waals surface area contributed by atoms with Crippen LogP contribution in [0.1, 0.15) is 19.4 Å². The summed E-state index contributed by atoms with van der Waals surface area (Å²) in [5.41, 5.74) is 15.3. The van der Waals surface area contributed by atoms with Crippen LogP contribution in [0.25, 0.3) is 103 Å². The van der Waals surface area contributed by atoms with E-state index in [-0.39, 0.29) is 0 Å². The van der Waals surface area contributed by atoms with Crippen molar-refractivity contribution in [1.82, 2.24) is 0 Å². The monoisotopic (exact) mass is 885 g/mol. The third-order valence-corrected chi connectivity index (χ3v) is 14.8. The average Bonchev–Trinajstić information content (AvgIpc) is 3.79. The number of hydrogen-bond donors (Lipinski definition) is 0. The molecule has 0 saturated heterocycles. The van der Waals surface area contributed by atoms with Crippen molar-refractivity contribution in [2.45, 2.75) is 13.8 Å². The first-order valence-electron chi connectivity index (χ1n) is 23.4. The number of fused-ring (bicyclic) bond motifs is 7. The number of thiophene rings is 1. The van der Waals surface area contributed by atoms with E-state index < -0.39 is 0 Å². The molecular weight excluding hydrogens is 839 g/mol. The van der Waals surface area contributed by atoms with E-state index in [1.54, 1.807) is 0 Å². The second-order valence-electron chi connectivity index (χ2n) is 17.7. The lowest BCUT2D eigenvalue weighted by Crippen LogP contribution is -2.15. The molecule has 0 unspecified atom stereocenters. The summed E-state index contributed by atoms with van der Waals surface area (Å²) in [4.78, 5) is 2.45. The Bertz CT molecular complexity index is 3920. The molecule has 1 heterocycles. The molecule has 0 fully saturated rings. The maximum Gasteiger partial charge on any atom is 0.0542 e. The van der Waals surface area contributed by atoms with E-state index in [0.717, 1.165) is 22.6 Å². The number of allylic oxidation sites excluding steroid dienone is 4. The molecule has 322 valence electrons. The zero-order valence-electron chi connectivity index (χ0n) is 38.0. The van der Waals surface area contributed by atoms with Crippen LogP contribution >= 0.6 is 11.3 Å². The lowest BCUT2D eigenvalue weighted by Gasteiger charge is -2.29. The van der Waals surface area contributed by atoms with Crippen LogP contribution in [0.15, 0.2) is 254 Å². The summed E-state index contributed by atoms with van der Waals surface area (Å²) < 4.78 is 2.64. The second-order valence-corrected chi connectivity index (χ2v) is 18.8. The fourth-order valence-electron chi connectivity index (χ4n) is 10.2. The third-order valence-electron chi connectivity index (χ3n) is 13.6. The topological polar surface area (TPSA) is 3.24 Å². The molecule has 0 aliphatic carbocycles. The largest absolute Gasteiger partial charge is 0.314 e. The zero-order valence-corrected chi connectivity index (χ0v) is 38.8. The van der Waals surface area contributed by atoms with Gasteiger partial charge in [0.15, 0.2) is 0 Å². The van der Waals surface area contributed by atoms with Gasteiger partial charge in [-0.2, -0.15) is 0 Å². The highest BCUT2D eigenvalue weighted by Gasteiger charge is 2.20. The molecule has 0 bridgehead atoms. The van der Waals surface area contributed by atoms with Crippen molar-refractivity contribution in [2.75, 3.05) is 4.90 Å². The molecule has 0 aliphatic heterocycles. The van der Waals surface area contributed by atoms with Gasteiger partial charge in [-0.25, -0.2) is 0 Å². The summed E-state index contributed by atoms with van der Waals surface area (Å²) in [7, 11) is 0. The van der Waals surface area contributed by atoms with E-state index in [4.69, 9.17) is 0 Å². The van der Waals surface area contributed by atoms with E-state index >= 15 is 0 Å². The molecule has 2 heteroatoms. The van der Waals surface area contributed by atoms with Crippen molar-refractivity contribution in [3.05, 3.63) is 260 Å². The Morgan fingerprint density at radius 2 is 0.971 bits per heavy atom. The van der Waals surface area contributed by atoms with Gasteiger partial charge in [0.1, 0.15) is 0 Å². The quantitative estimate of drug-likeness (QED) is 0.103. The van der Waals surface area contributed by atoms with Crippen LogP contribution < -0.4 is 4.90 Å². The summed E-state index contributed by atoms with van der Waals surface area (Å²) >= 11 is 1.88. The van der Waals surface area contributed by atoms with Crippen molar-refractivity contribution in [3.63, 3.8) is 0 Å².